The standard InChI is InChI=1S/C9H16O2/c10-9(6-8-2-3-8)4-1-5-11-7-9/h8,10H,1-7H2. The van der Waals surface area contributed by atoms with Crippen molar-refractivity contribution in [3.63, 3.8) is 0 Å². The third-order valence-corrected chi connectivity index (χ3v) is 2.67. The molecule has 1 aliphatic carbocycles. The first-order chi connectivity index (χ1) is 5.29. The van der Waals surface area contributed by atoms with Gasteiger partial charge in [0.25, 0.3) is 0 Å². The molecule has 0 aromatic heterocycles. The zero-order valence-electron chi connectivity index (χ0n) is 6.88. The average molecular weight is 156 g/mol. The predicted octanol–water partition coefficient (Wildman–Crippen LogP) is 1.33. The molecule has 1 unspecified atom stereocenters. The van der Waals surface area contributed by atoms with E-state index in [0.717, 1.165) is 31.8 Å². The van der Waals surface area contributed by atoms with Crippen molar-refractivity contribution in [1.82, 2.24) is 0 Å². The molecule has 0 bridgehead atoms. The molecule has 1 aliphatic heterocycles. The van der Waals surface area contributed by atoms with Crippen LogP contribution in [0.2, 0.25) is 0 Å². The van der Waals surface area contributed by atoms with E-state index in [1.807, 2.05) is 0 Å². The van der Waals surface area contributed by atoms with Crippen molar-refractivity contribution in [1.29, 1.82) is 0 Å². The summed E-state index contributed by atoms with van der Waals surface area (Å²) in [5.41, 5.74) is -0.459. The Balaban J connectivity index is 1.84. The molecule has 0 spiro atoms. The van der Waals surface area contributed by atoms with Gasteiger partial charge in [-0.2, -0.15) is 0 Å². The third-order valence-electron chi connectivity index (χ3n) is 2.67. The summed E-state index contributed by atoms with van der Waals surface area (Å²) in [7, 11) is 0. The smallest absolute Gasteiger partial charge is 0.0883 e. The molecule has 2 heteroatoms. The highest BCUT2D eigenvalue weighted by Crippen LogP contribution is 2.39. The molecule has 2 aliphatic rings. The maximum Gasteiger partial charge on any atom is 0.0883 e. The van der Waals surface area contributed by atoms with Gasteiger partial charge in [0.1, 0.15) is 0 Å². The highest BCUT2D eigenvalue weighted by molar-refractivity contribution is 4.88. The molecule has 0 radical (unpaired) electrons. The Labute approximate surface area is 67.6 Å². The molecule has 11 heavy (non-hydrogen) atoms. The summed E-state index contributed by atoms with van der Waals surface area (Å²) >= 11 is 0. The van der Waals surface area contributed by atoms with Crippen LogP contribution in [0.15, 0.2) is 0 Å². The van der Waals surface area contributed by atoms with Crippen molar-refractivity contribution in [2.75, 3.05) is 13.2 Å². The molecule has 0 amide bonds. The van der Waals surface area contributed by atoms with Gasteiger partial charge < -0.3 is 9.84 Å². The number of hydrogen-bond acceptors (Lipinski definition) is 2. The lowest BCUT2D eigenvalue weighted by atomic mass is 9.91. The van der Waals surface area contributed by atoms with E-state index in [4.69, 9.17) is 4.74 Å². The van der Waals surface area contributed by atoms with Gasteiger partial charge in [0, 0.05) is 6.61 Å². The van der Waals surface area contributed by atoms with Crippen molar-refractivity contribution in [2.45, 2.75) is 37.7 Å². The van der Waals surface area contributed by atoms with Crippen LogP contribution in [-0.2, 0) is 4.74 Å². The summed E-state index contributed by atoms with van der Waals surface area (Å²) in [6.07, 6.45) is 5.60. The van der Waals surface area contributed by atoms with Gasteiger partial charge in [-0.25, -0.2) is 0 Å². The SMILES string of the molecule is OC1(CC2CC2)CCCOC1. The molecule has 64 valence electrons. The summed E-state index contributed by atoms with van der Waals surface area (Å²) in [4.78, 5) is 0. The Morgan fingerprint density at radius 3 is 2.82 bits per heavy atom. The van der Waals surface area contributed by atoms with Gasteiger partial charge in [-0.1, -0.05) is 12.8 Å². The minimum atomic E-state index is -0.459. The first-order valence-corrected chi connectivity index (χ1v) is 4.59. The third kappa shape index (κ3) is 1.94. The van der Waals surface area contributed by atoms with E-state index < -0.39 is 5.60 Å². The molecular formula is C9H16O2. The zero-order chi connectivity index (χ0) is 7.73. The molecule has 2 rings (SSSR count). The van der Waals surface area contributed by atoms with Crippen LogP contribution < -0.4 is 0 Å². The summed E-state index contributed by atoms with van der Waals surface area (Å²) in [6, 6.07) is 0. The molecule has 1 heterocycles. The van der Waals surface area contributed by atoms with E-state index in [0.29, 0.717) is 6.61 Å². The molecular weight excluding hydrogens is 140 g/mol. The van der Waals surface area contributed by atoms with Crippen LogP contribution in [0.1, 0.15) is 32.1 Å². The van der Waals surface area contributed by atoms with Crippen molar-refractivity contribution in [3.05, 3.63) is 0 Å². The maximum atomic E-state index is 9.96. The lowest BCUT2D eigenvalue weighted by Crippen LogP contribution is -2.38. The molecule has 1 saturated heterocycles. The second-order valence-corrected chi connectivity index (χ2v) is 4.03. The van der Waals surface area contributed by atoms with Crippen molar-refractivity contribution in [2.24, 2.45) is 5.92 Å². The highest BCUT2D eigenvalue weighted by atomic mass is 16.5. The average Bonchev–Trinajstić information content (AvgIpc) is 2.72. The molecule has 2 nitrogen and oxygen atoms in total. The summed E-state index contributed by atoms with van der Waals surface area (Å²) in [5.74, 6) is 0.807. The summed E-state index contributed by atoms with van der Waals surface area (Å²) < 4.78 is 5.26. The molecule has 0 aromatic carbocycles. The first-order valence-electron chi connectivity index (χ1n) is 4.59. The fourth-order valence-electron chi connectivity index (χ4n) is 1.86. The second kappa shape index (κ2) is 2.76. The number of rotatable bonds is 2. The quantitative estimate of drug-likeness (QED) is 0.653. The number of aliphatic hydroxyl groups is 1. The van der Waals surface area contributed by atoms with Crippen molar-refractivity contribution < 1.29 is 9.84 Å². The van der Waals surface area contributed by atoms with E-state index in [9.17, 15) is 5.11 Å². The zero-order valence-corrected chi connectivity index (χ0v) is 6.88. The number of hydrogen-bond donors (Lipinski definition) is 1. The molecule has 1 saturated carbocycles. The number of ether oxygens (including phenoxy) is 1. The van der Waals surface area contributed by atoms with Gasteiger partial charge in [-0.3, -0.25) is 0 Å². The summed E-state index contributed by atoms with van der Waals surface area (Å²) in [6.45, 7) is 1.41. The Hall–Kier alpha value is -0.0800. The van der Waals surface area contributed by atoms with E-state index in [1.54, 1.807) is 0 Å². The van der Waals surface area contributed by atoms with Crippen molar-refractivity contribution >= 4 is 0 Å². The Morgan fingerprint density at radius 1 is 1.45 bits per heavy atom. The Bertz CT molecular complexity index is 134. The fraction of sp³-hybridized carbons (Fsp3) is 1.00. The highest BCUT2D eigenvalue weighted by Gasteiger charge is 2.36. The van der Waals surface area contributed by atoms with Crippen LogP contribution in [0.5, 0.6) is 0 Å². The molecule has 1 N–H and O–H groups in total. The predicted molar refractivity (Wildman–Crippen MR) is 42.3 cm³/mol. The van der Waals surface area contributed by atoms with Gasteiger partial charge in [0.15, 0.2) is 0 Å². The van der Waals surface area contributed by atoms with E-state index in [2.05, 4.69) is 0 Å². The van der Waals surface area contributed by atoms with Crippen LogP contribution in [0.4, 0.5) is 0 Å². The minimum absolute atomic E-state index is 0.459. The van der Waals surface area contributed by atoms with Gasteiger partial charge in [0.05, 0.1) is 12.2 Å². The summed E-state index contributed by atoms with van der Waals surface area (Å²) in [5, 5.41) is 9.96. The fourth-order valence-corrected chi connectivity index (χ4v) is 1.86. The van der Waals surface area contributed by atoms with Crippen LogP contribution >= 0.6 is 0 Å². The van der Waals surface area contributed by atoms with Gasteiger partial charge in [-0.15, -0.1) is 0 Å². The van der Waals surface area contributed by atoms with E-state index in [1.165, 1.54) is 12.8 Å². The Morgan fingerprint density at radius 2 is 2.27 bits per heavy atom. The molecule has 0 aromatic rings. The lowest BCUT2D eigenvalue weighted by Gasteiger charge is -2.31. The first kappa shape index (κ1) is 7.56. The lowest BCUT2D eigenvalue weighted by molar-refractivity contribution is -0.0923. The molecule has 1 atom stereocenters. The van der Waals surface area contributed by atoms with Crippen LogP contribution in [0, 0.1) is 5.92 Å². The van der Waals surface area contributed by atoms with E-state index in [-0.39, 0.29) is 0 Å². The monoisotopic (exact) mass is 156 g/mol. The largest absolute Gasteiger partial charge is 0.387 e. The van der Waals surface area contributed by atoms with Crippen molar-refractivity contribution in [3.8, 4) is 0 Å². The van der Waals surface area contributed by atoms with E-state index >= 15 is 0 Å². The van der Waals surface area contributed by atoms with Crippen LogP contribution in [-0.4, -0.2) is 23.9 Å². The van der Waals surface area contributed by atoms with Crippen LogP contribution in [0.25, 0.3) is 0 Å². The Kier molecular flexibility index (Phi) is 1.90. The van der Waals surface area contributed by atoms with Gasteiger partial charge in [-0.05, 0) is 25.2 Å². The normalized spacial score (nSPS) is 39.0. The van der Waals surface area contributed by atoms with Gasteiger partial charge >= 0.3 is 0 Å². The molecule has 2 fully saturated rings. The minimum Gasteiger partial charge on any atom is -0.387 e. The topological polar surface area (TPSA) is 29.5 Å². The second-order valence-electron chi connectivity index (χ2n) is 4.03. The maximum absolute atomic E-state index is 9.96. The van der Waals surface area contributed by atoms with Crippen LogP contribution in [0.3, 0.4) is 0 Å². The van der Waals surface area contributed by atoms with Gasteiger partial charge in [0.2, 0.25) is 0 Å².